The minimum absolute atomic E-state index is 0.0767. The Morgan fingerprint density at radius 3 is 2.79 bits per heavy atom. The summed E-state index contributed by atoms with van der Waals surface area (Å²) >= 11 is 0. The van der Waals surface area contributed by atoms with Crippen LogP contribution in [0.25, 0.3) is 0 Å². The highest BCUT2D eigenvalue weighted by atomic mass is 16.5. The van der Waals surface area contributed by atoms with E-state index in [4.69, 9.17) is 9.15 Å². The van der Waals surface area contributed by atoms with Crippen LogP contribution in [0.5, 0.6) is 0 Å². The summed E-state index contributed by atoms with van der Waals surface area (Å²) in [7, 11) is 1.71. The molecule has 1 unspecified atom stereocenters. The van der Waals surface area contributed by atoms with Crippen LogP contribution >= 0.6 is 0 Å². The van der Waals surface area contributed by atoms with Crippen molar-refractivity contribution in [3.8, 4) is 0 Å². The molecule has 0 aliphatic heterocycles. The zero-order valence-corrected chi connectivity index (χ0v) is 11.6. The van der Waals surface area contributed by atoms with Gasteiger partial charge in [-0.05, 0) is 20.8 Å². The molecule has 0 saturated carbocycles. The molecule has 0 saturated heterocycles. The molecule has 1 amide bonds. The van der Waals surface area contributed by atoms with Gasteiger partial charge in [-0.1, -0.05) is 0 Å². The Morgan fingerprint density at radius 1 is 1.53 bits per heavy atom. The van der Waals surface area contributed by atoms with Crippen LogP contribution in [0.4, 0.5) is 6.01 Å². The maximum absolute atomic E-state index is 11.8. The molecule has 1 N–H and O–H groups in total. The quantitative estimate of drug-likeness (QED) is 0.779. The van der Waals surface area contributed by atoms with Gasteiger partial charge in [0, 0.05) is 13.6 Å². The molecule has 7 heteroatoms. The number of nitrogens with one attached hydrogen (secondary N) is 1. The third-order valence-corrected chi connectivity index (χ3v) is 2.55. The average Bonchev–Trinajstić information content (AvgIpc) is 2.85. The standard InChI is InChI=1S/C12H19N3O4/c1-5-15(4)10(16)8(3)13-12-14-9(7-19-12)11(17)18-6-2/h7-8H,5-6H2,1-4H3,(H,13,14). The number of likely N-dealkylation sites (N-methyl/N-ethyl adjacent to an activating group) is 1. The van der Waals surface area contributed by atoms with Gasteiger partial charge >= 0.3 is 5.97 Å². The fraction of sp³-hybridized carbons (Fsp3) is 0.583. The lowest BCUT2D eigenvalue weighted by Gasteiger charge is -2.19. The first-order chi connectivity index (χ1) is 8.99. The Balaban J connectivity index is 2.63. The van der Waals surface area contributed by atoms with E-state index in [9.17, 15) is 9.59 Å². The highest BCUT2D eigenvalue weighted by molar-refractivity contribution is 5.87. The molecule has 0 aromatic carbocycles. The molecular formula is C12H19N3O4. The van der Waals surface area contributed by atoms with Gasteiger partial charge in [-0.3, -0.25) is 4.79 Å². The number of amides is 1. The molecule has 0 radical (unpaired) electrons. The molecule has 7 nitrogen and oxygen atoms in total. The molecule has 0 aliphatic carbocycles. The Hall–Kier alpha value is -2.05. The van der Waals surface area contributed by atoms with Crippen molar-refractivity contribution in [1.82, 2.24) is 9.88 Å². The summed E-state index contributed by atoms with van der Waals surface area (Å²) in [5, 5.41) is 2.80. The van der Waals surface area contributed by atoms with Gasteiger partial charge in [0.25, 0.3) is 6.01 Å². The van der Waals surface area contributed by atoms with E-state index >= 15 is 0 Å². The van der Waals surface area contributed by atoms with Gasteiger partial charge in [0.05, 0.1) is 6.61 Å². The molecule has 0 fully saturated rings. The van der Waals surface area contributed by atoms with E-state index in [0.717, 1.165) is 0 Å². The first kappa shape index (κ1) is 15.0. The average molecular weight is 269 g/mol. The normalized spacial score (nSPS) is 11.8. The number of nitrogens with zero attached hydrogens (tertiary/aromatic N) is 2. The van der Waals surface area contributed by atoms with Crippen LogP contribution in [0.1, 0.15) is 31.3 Å². The monoisotopic (exact) mass is 269 g/mol. The third-order valence-electron chi connectivity index (χ3n) is 2.55. The lowest BCUT2D eigenvalue weighted by atomic mass is 10.3. The van der Waals surface area contributed by atoms with E-state index in [1.807, 2.05) is 6.92 Å². The van der Waals surface area contributed by atoms with Crippen molar-refractivity contribution < 1.29 is 18.7 Å². The number of aromatic nitrogens is 1. The molecule has 0 aliphatic rings. The number of carbonyl (C=O) groups excluding carboxylic acids is 2. The van der Waals surface area contributed by atoms with E-state index in [-0.39, 0.29) is 24.2 Å². The fourth-order valence-electron chi connectivity index (χ4n) is 1.37. The predicted octanol–water partition coefficient (Wildman–Crippen LogP) is 1.13. The number of anilines is 1. The Kier molecular flexibility index (Phi) is 5.35. The van der Waals surface area contributed by atoms with Crippen LogP contribution in [-0.2, 0) is 9.53 Å². The van der Waals surface area contributed by atoms with E-state index in [0.29, 0.717) is 6.54 Å². The van der Waals surface area contributed by atoms with Crippen LogP contribution in [0.3, 0.4) is 0 Å². The smallest absolute Gasteiger partial charge is 0.360 e. The van der Waals surface area contributed by atoms with Crippen LogP contribution < -0.4 is 5.32 Å². The minimum atomic E-state index is -0.552. The van der Waals surface area contributed by atoms with Gasteiger partial charge in [-0.25, -0.2) is 4.79 Å². The summed E-state index contributed by atoms with van der Waals surface area (Å²) in [5.74, 6) is -0.637. The lowest BCUT2D eigenvalue weighted by molar-refractivity contribution is -0.130. The third kappa shape index (κ3) is 3.97. The van der Waals surface area contributed by atoms with Gasteiger partial charge in [0.15, 0.2) is 5.69 Å². The molecule has 1 rings (SSSR count). The first-order valence-corrected chi connectivity index (χ1v) is 6.13. The summed E-state index contributed by atoms with van der Waals surface area (Å²) in [6, 6.07) is -0.368. The van der Waals surface area contributed by atoms with Crippen molar-refractivity contribution in [1.29, 1.82) is 0 Å². The predicted molar refractivity (Wildman–Crippen MR) is 68.9 cm³/mol. The van der Waals surface area contributed by atoms with E-state index in [1.165, 1.54) is 6.26 Å². The highest BCUT2D eigenvalue weighted by Gasteiger charge is 2.19. The number of oxazole rings is 1. The number of carbonyl (C=O) groups is 2. The maximum Gasteiger partial charge on any atom is 0.360 e. The van der Waals surface area contributed by atoms with E-state index < -0.39 is 12.0 Å². The van der Waals surface area contributed by atoms with E-state index in [2.05, 4.69) is 10.3 Å². The van der Waals surface area contributed by atoms with Crippen LogP contribution in [0.15, 0.2) is 10.7 Å². The summed E-state index contributed by atoms with van der Waals surface area (Å²) < 4.78 is 9.86. The highest BCUT2D eigenvalue weighted by Crippen LogP contribution is 2.10. The SMILES string of the molecule is CCOC(=O)c1coc(NC(C)C(=O)N(C)CC)n1. The molecule has 19 heavy (non-hydrogen) atoms. The first-order valence-electron chi connectivity index (χ1n) is 6.13. The second kappa shape index (κ2) is 6.77. The lowest BCUT2D eigenvalue weighted by Crippen LogP contribution is -2.38. The second-order valence-electron chi connectivity index (χ2n) is 3.98. The molecule has 1 aromatic rings. The second-order valence-corrected chi connectivity index (χ2v) is 3.98. The van der Waals surface area contributed by atoms with Gasteiger partial charge in [0.1, 0.15) is 12.3 Å². The van der Waals surface area contributed by atoms with Crippen molar-refractivity contribution in [3.05, 3.63) is 12.0 Å². The van der Waals surface area contributed by atoms with Gasteiger partial charge in [-0.2, -0.15) is 4.98 Å². The maximum atomic E-state index is 11.8. The van der Waals surface area contributed by atoms with Crippen molar-refractivity contribution in [2.75, 3.05) is 25.5 Å². The largest absolute Gasteiger partial charge is 0.461 e. The molecule has 0 spiro atoms. The fourth-order valence-corrected chi connectivity index (χ4v) is 1.37. The van der Waals surface area contributed by atoms with Crippen LogP contribution in [0, 0.1) is 0 Å². The minimum Gasteiger partial charge on any atom is -0.461 e. The number of rotatable bonds is 6. The summed E-state index contributed by atoms with van der Waals surface area (Å²) in [4.78, 5) is 28.7. The van der Waals surface area contributed by atoms with Crippen molar-refractivity contribution >= 4 is 17.9 Å². The number of hydrogen-bond donors (Lipinski definition) is 1. The summed E-state index contributed by atoms with van der Waals surface area (Å²) in [5.41, 5.74) is 0.0767. The van der Waals surface area contributed by atoms with Crippen molar-refractivity contribution in [2.45, 2.75) is 26.8 Å². The number of esters is 1. The summed E-state index contributed by atoms with van der Waals surface area (Å²) in [6.45, 7) is 6.17. The Labute approximate surface area is 111 Å². The van der Waals surface area contributed by atoms with Gasteiger partial charge < -0.3 is 19.4 Å². The zero-order valence-electron chi connectivity index (χ0n) is 11.6. The van der Waals surface area contributed by atoms with Crippen molar-refractivity contribution in [3.63, 3.8) is 0 Å². The molecular weight excluding hydrogens is 250 g/mol. The molecule has 1 heterocycles. The van der Waals surface area contributed by atoms with Crippen molar-refractivity contribution in [2.24, 2.45) is 0 Å². The van der Waals surface area contributed by atoms with Crippen LogP contribution in [0.2, 0.25) is 0 Å². The topological polar surface area (TPSA) is 84.7 Å². The Morgan fingerprint density at radius 2 is 2.21 bits per heavy atom. The summed E-state index contributed by atoms with van der Waals surface area (Å²) in [6.07, 6.45) is 1.20. The Bertz CT molecular complexity index is 444. The van der Waals surface area contributed by atoms with Crippen LogP contribution in [-0.4, -0.2) is 48.0 Å². The van der Waals surface area contributed by atoms with Gasteiger partial charge in [-0.15, -0.1) is 0 Å². The molecule has 1 aromatic heterocycles. The molecule has 1 atom stereocenters. The molecule has 106 valence electrons. The zero-order chi connectivity index (χ0) is 14.4. The number of hydrogen-bond acceptors (Lipinski definition) is 6. The number of ether oxygens (including phenoxy) is 1. The van der Waals surface area contributed by atoms with Gasteiger partial charge in [0.2, 0.25) is 5.91 Å². The van der Waals surface area contributed by atoms with E-state index in [1.54, 1.807) is 25.8 Å². The molecule has 0 bridgehead atoms.